The molecule has 15 unspecified atom stereocenters. The number of aliphatic hydroxyl groups excluding tert-OH is 16. The van der Waals surface area contributed by atoms with E-state index in [2.05, 4.69) is 0 Å². The number of rotatable bonds is 18. The van der Waals surface area contributed by atoms with Gasteiger partial charge in [0.05, 0.1) is 45.2 Å². The van der Waals surface area contributed by atoms with Gasteiger partial charge in [0, 0.05) is 19.4 Å². The van der Waals surface area contributed by atoms with E-state index < -0.39 is 199 Å². The lowest BCUT2D eigenvalue weighted by atomic mass is 9.97. The molecule has 5 rings (SSSR count). The number of unbranched alkanes of at least 4 members (excludes halogenated alkanes) is 1. The molecule has 0 aromatic rings. The van der Waals surface area contributed by atoms with Gasteiger partial charge in [0.1, 0.15) is 110 Å². The van der Waals surface area contributed by atoms with Crippen molar-refractivity contribution in [2.45, 2.75) is 179 Å². The molecule has 5 aliphatic rings. The lowest BCUT2D eigenvalue weighted by Gasteiger charge is -2.45. The topological polar surface area (TPSA) is 442 Å². The number of hydrogen-bond acceptors (Lipinski definition) is 27. The van der Waals surface area contributed by atoms with E-state index in [0.29, 0.717) is 19.4 Å². The summed E-state index contributed by atoms with van der Waals surface area (Å²) >= 11 is 0. The number of ether oxygens (including phenoxy) is 10. The highest BCUT2D eigenvalue weighted by Gasteiger charge is 2.54. The lowest BCUT2D eigenvalue weighted by molar-refractivity contribution is -0.359. The highest BCUT2D eigenvalue weighted by Crippen LogP contribution is 2.35. The number of aliphatic hydroxyl groups is 16. The van der Waals surface area contributed by atoms with Crippen molar-refractivity contribution in [2.24, 2.45) is 5.73 Å². The van der Waals surface area contributed by atoms with Crippen LogP contribution in [-0.4, -0.2) is 281 Å². The molecule has 5 aliphatic heterocycles. The summed E-state index contributed by atoms with van der Waals surface area (Å²) in [5.74, 6) is 0. The molecule has 0 aromatic carbocycles. The number of hydrogen-bond donors (Lipinski definition) is 17. The zero-order chi connectivity index (χ0) is 46.3. The van der Waals surface area contributed by atoms with Crippen molar-refractivity contribution in [3.8, 4) is 0 Å². The van der Waals surface area contributed by atoms with Gasteiger partial charge in [-0.05, 0) is 19.4 Å². The van der Waals surface area contributed by atoms with Gasteiger partial charge in [-0.25, -0.2) is 0 Å². The zero-order valence-corrected chi connectivity index (χ0v) is 34.0. The minimum absolute atomic E-state index is 0.115. The molecule has 5 heterocycles. The van der Waals surface area contributed by atoms with E-state index in [4.69, 9.17) is 53.1 Å². The maximum Gasteiger partial charge on any atom is 0.187 e. The van der Waals surface area contributed by atoms with Crippen molar-refractivity contribution in [3.05, 3.63) is 0 Å². The second-order valence-electron chi connectivity index (χ2n) is 16.1. The molecular formula is C36H65NO26. The Hall–Kier alpha value is -1.08. The van der Waals surface area contributed by atoms with Crippen LogP contribution in [-0.2, 0) is 47.4 Å². The van der Waals surface area contributed by atoms with Gasteiger partial charge in [-0.3, -0.25) is 0 Å². The molecule has 0 amide bonds. The van der Waals surface area contributed by atoms with Crippen molar-refractivity contribution in [1.82, 2.24) is 0 Å². The summed E-state index contributed by atoms with van der Waals surface area (Å²) in [4.78, 5) is 0. The molecular weight excluding hydrogens is 862 g/mol. The first-order valence-corrected chi connectivity index (χ1v) is 20.8. The van der Waals surface area contributed by atoms with Crippen molar-refractivity contribution in [3.63, 3.8) is 0 Å². The van der Waals surface area contributed by atoms with Crippen molar-refractivity contribution in [2.75, 3.05) is 46.2 Å². The van der Waals surface area contributed by atoms with Crippen LogP contribution in [0.15, 0.2) is 0 Å². The van der Waals surface area contributed by atoms with Gasteiger partial charge >= 0.3 is 0 Å². The molecule has 5 fully saturated rings. The van der Waals surface area contributed by atoms with Crippen LogP contribution in [0.3, 0.4) is 0 Å². The quantitative estimate of drug-likeness (QED) is 0.0568. The van der Waals surface area contributed by atoms with Gasteiger partial charge in [0.25, 0.3) is 0 Å². The largest absolute Gasteiger partial charge is 0.394 e. The highest BCUT2D eigenvalue weighted by atomic mass is 16.8. The van der Waals surface area contributed by atoms with Crippen LogP contribution < -0.4 is 5.73 Å². The van der Waals surface area contributed by atoms with Gasteiger partial charge in [-0.15, -0.1) is 0 Å². The maximum atomic E-state index is 11.3. The summed E-state index contributed by atoms with van der Waals surface area (Å²) in [6, 6.07) is 0. The fraction of sp³-hybridized carbons (Fsp3) is 1.00. The van der Waals surface area contributed by atoms with Crippen molar-refractivity contribution >= 4 is 0 Å². The second-order valence-corrected chi connectivity index (χ2v) is 16.1. The molecule has 27 heteroatoms. The predicted octanol–water partition coefficient (Wildman–Crippen LogP) is -10.4. The summed E-state index contributed by atoms with van der Waals surface area (Å²) in [6.45, 7) is -3.84. The molecule has 0 aromatic heterocycles. The first-order chi connectivity index (χ1) is 30.0. The van der Waals surface area contributed by atoms with Gasteiger partial charge < -0.3 is 135 Å². The molecule has 0 bridgehead atoms. The zero-order valence-electron chi connectivity index (χ0n) is 34.0. The molecule has 0 aliphatic carbocycles. The minimum atomic E-state index is -2.08. The minimum Gasteiger partial charge on any atom is -0.394 e. The van der Waals surface area contributed by atoms with E-state index in [0.717, 1.165) is 0 Å². The van der Waals surface area contributed by atoms with Gasteiger partial charge in [0.2, 0.25) is 0 Å². The van der Waals surface area contributed by atoms with Gasteiger partial charge in [-0.1, -0.05) is 0 Å². The molecule has 25 atom stereocenters. The van der Waals surface area contributed by atoms with Crippen molar-refractivity contribution < 1.29 is 129 Å². The second kappa shape index (κ2) is 24.3. The first kappa shape index (κ1) is 52.9. The molecule has 0 saturated carbocycles. The van der Waals surface area contributed by atoms with Gasteiger partial charge in [-0.2, -0.15) is 0 Å². The highest BCUT2D eigenvalue weighted by molar-refractivity contribution is 4.97. The van der Waals surface area contributed by atoms with Crippen LogP contribution in [0, 0.1) is 0 Å². The Balaban J connectivity index is 1.23. The molecule has 18 N–H and O–H groups in total. The predicted molar refractivity (Wildman–Crippen MR) is 198 cm³/mol. The Kier molecular flexibility index (Phi) is 20.4. The smallest absolute Gasteiger partial charge is 0.187 e. The van der Waals surface area contributed by atoms with E-state index in [1.807, 2.05) is 0 Å². The lowest BCUT2D eigenvalue weighted by Crippen LogP contribution is -2.63. The standard InChI is InChI=1S/C36H65NO26/c37-3-1-2-4-54-34-26(52)23(49)30(19(10-41)58-34)62-32-14(45)6-13(44)29(18(9-40)57-32)61-36-27(53)24(50)31(20(11-42)59-36)63-33-15(46)5-12(43)28(17(8-39)56-33)60-35-25(51)22(48)21(47)16(7-38)55-35/h12-36,38-53H,1-11,37H2/t12?,13?,14?,15?,16?,17?,18?,19?,20?,21-,22?,23?,24?,25?,26?,27?,28+,29+,30-,31+,32+,33-,34+,35+,36-/m1/s1. The van der Waals surface area contributed by atoms with Crippen LogP contribution in [0.4, 0.5) is 0 Å². The summed E-state index contributed by atoms with van der Waals surface area (Å²) in [6.07, 6.45) is -42.8. The Morgan fingerprint density at radius 1 is 0.365 bits per heavy atom. The summed E-state index contributed by atoms with van der Waals surface area (Å²) < 4.78 is 56.6. The molecule has 370 valence electrons. The van der Waals surface area contributed by atoms with E-state index in [9.17, 15) is 81.7 Å². The SMILES string of the molecule is NCCCCO[C@H]1OC(CO)[C@@H](O[C@@H]2OC(CO)[C@@H](O[C@H]3OC(CO)[C@H](O[C@H]4OC(CO)[C@@H](O[C@@H]5OC(CO)[C@@H](O)C(O)C5O)C(O)CC4O)C(O)C3O)C(O)CC2O)C(O)C1O. The Morgan fingerprint density at radius 2 is 0.714 bits per heavy atom. The summed E-state index contributed by atoms with van der Waals surface area (Å²) in [7, 11) is 0. The average Bonchev–Trinajstić information content (AvgIpc) is 3.45. The Morgan fingerprint density at radius 3 is 1.14 bits per heavy atom. The summed E-state index contributed by atoms with van der Waals surface area (Å²) in [5.41, 5.74) is 5.48. The monoisotopic (exact) mass is 927 g/mol. The average molecular weight is 928 g/mol. The third-order valence-electron chi connectivity index (χ3n) is 11.6. The van der Waals surface area contributed by atoms with E-state index in [1.165, 1.54) is 0 Å². The van der Waals surface area contributed by atoms with Crippen LogP contribution in [0.2, 0.25) is 0 Å². The van der Waals surface area contributed by atoms with E-state index in [1.54, 1.807) is 0 Å². The van der Waals surface area contributed by atoms with E-state index in [-0.39, 0.29) is 6.61 Å². The Bertz CT molecular complexity index is 1330. The molecule has 5 saturated heterocycles. The molecule has 27 nitrogen and oxygen atoms in total. The molecule has 0 spiro atoms. The Labute approximate surface area is 360 Å². The van der Waals surface area contributed by atoms with Crippen molar-refractivity contribution in [1.29, 1.82) is 0 Å². The van der Waals surface area contributed by atoms with Crippen LogP contribution >= 0.6 is 0 Å². The molecule has 0 radical (unpaired) electrons. The van der Waals surface area contributed by atoms with Crippen LogP contribution in [0.5, 0.6) is 0 Å². The van der Waals surface area contributed by atoms with Crippen LogP contribution in [0.1, 0.15) is 25.7 Å². The normalized spacial score (nSPS) is 49.0. The molecule has 63 heavy (non-hydrogen) atoms. The third kappa shape index (κ3) is 12.3. The first-order valence-electron chi connectivity index (χ1n) is 20.8. The maximum absolute atomic E-state index is 11.3. The fourth-order valence-electron chi connectivity index (χ4n) is 7.99. The van der Waals surface area contributed by atoms with Crippen LogP contribution in [0.25, 0.3) is 0 Å². The number of nitrogens with two attached hydrogens (primary N) is 1. The fourth-order valence-corrected chi connectivity index (χ4v) is 7.99. The third-order valence-corrected chi connectivity index (χ3v) is 11.6. The van der Waals surface area contributed by atoms with Gasteiger partial charge in [0.15, 0.2) is 31.5 Å². The van der Waals surface area contributed by atoms with E-state index >= 15 is 0 Å². The summed E-state index contributed by atoms with van der Waals surface area (Å²) in [5, 5.41) is 169.